The molecule has 0 aliphatic heterocycles. The lowest BCUT2D eigenvalue weighted by Gasteiger charge is -2.06. The van der Waals surface area contributed by atoms with Crippen LogP contribution >= 0.6 is 0 Å². The zero-order chi connectivity index (χ0) is 11.0. The topological polar surface area (TPSA) is 48.9 Å². The summed E-state index contributed by atoms with van der Waals surface area (Å²) in [5.74, 6) is 1.10. The highest BCUT2D eigenvalue weighted by Crippen LogP contribution is 2.30. The van der Waals surface area contributed by atoms with Crippen LogP contribution in [-0.4, -0.2) is 15.3 Å². The molecule has 0 radical (unpaired) electrons. The Bertz CT molecular complexity index is 498. The Hall–Kier alpha value is -1.51. The van der Waals surface area contributed by atoms with Gasteiger partial charge in [0.1, 0.15) is 5.75 Å². The number of aromatic hydroxyl groups is 1. The van der Waals surface area contributed by atoms with Crippen molar-refractivity contribution in [2.75, 3.05) is 0 Å². The van der Waals surface area contributed by atoms with E-state index in [1.54, 1.807) is 12.1 Å². The number of aromatic amines is 1. The standard InChI is InChI=1S/C13H16N2O/c16-10-5-6-11-12(14-15-13(11)8-10)7-9-3-1-2-4-9/h5-6,8-9,16H,1-4,7H2,(H,14,15). The maximum Gasteiger partial charge on any atom is 0.117 e. The van der Waals surface area contributed by atoms with Crippen LogP contribution in [0.3, 0.4) is 0 Å². The maximum atomic E-state index is 9.37. The van der Waals surface area contributed by atoms with Crippen LogP contribution in [0, 0.1) is 5.92 Å². The van der Waals surface area contributed by atoms with Crippen LogP contribution in [0.5, 0.6) is 5.75 Å². The Morgan fingerprint density at radius 1 is 1.31 bits per heavy atom. The summed E-state index contributed by atoms with van der Waals surface area (Å²) < 4.78 is 0. The van der Waals surface area contributed by atoms with Gasteiger partial charge in [-0.1, -0.05) is 25.7 Å². The minimum absolute atomic E-state index is 0.284. The second kappa shape index (κ2) is 3.81. The Kier molecular flexibility index (Phi) is 2.31. The van der Waals surface area contributed by atoms with Crippen molar-refractivity contribution in [3.8, 4) is 5.75 Å². The van der Waals surface area contributed by atoms with E-state index < -0.39 is 0 Å². The number of nitrogens with zero attached hydrogens (tertiary/aromatic N) is 1. The molecule has 1 aromatic heterocycles. The molecular formula is C13H16N2O. The fourth-order valence-electron chi connectivity index (χ4n) is 2.71. The molecular weight excluding hydrogens is 200 g/mol. The molecule has 0 amide bonds. The van der Waals surface area contributed by atoms with E-state index in [4.69, 9.17) is 0 Å². The quantitative estimate of drug-likeness (QED) is 0.810. The van der Waals surface area contributed by atoms with Crippen LogP contribution in [0.15, 0.2) is 18.2 Å². The van der Waals surface area contributed by atoms with Crippen molar-refractivity contribution in [2.24, 2.45) is 5.92 Å². The van der Waals surface area contributed by atoms with Crippen molar-refractivity contribution < 1.29 is 5.11 Å². The van der Waals surface area contributed by atoms with E-state index in [1.165, 1.54) is 31.4 Å². The molecule has 3 rings (SSSR count). The molecule has 0 atom stereocenters. The number of nitrogens with one attached hydrogen (secondary N) is 1. The molecule has 3 heteroatoms. The van der Waals surface area contributed by atoms with E-state index in [1.807, 2.05) is 6.07 Å². The first-order valence-electron chi connectivity index (χ1n) is 5.99. The molecule has 1 aromatic carbocycles. The Balaban J connectivity index is 1.91. The van der Waals surface area contributed by atoms with Gasteiger partial charge in [-0.05, 0) is 24.5 Å². The van der Waals surface area contributed by atoms with Gasteiger partial charge in [0.2, 0.25) is 0 Å². The van der Waals surface area contributed by atoms with Crippen LogP contribution in [0.1, 0.15) is 31.4 Å². The van der Waals surface area contributed by atoms with E-state index in [9.17, 15) is 5.11 Å². The predicted octanol–water partition coefficient (Wildman–Crippen LogP) is 3.00. The van der Waals surface area contributed by atoms with Gasteiger partial charge in [-0.3, -0.25) is 5.10 Å². The second-order valence-electron chi connectivity index (χ2n) is 4.76. The molecule has 16 heavy (non-hydrogen) atoms. The SMILES string of the molecule is Oc1ccc2c(CC3CCCC3)[nH]nc2c1. The monoisotopic (exact) mass is 216 g/mol. The van der Waals surface area contributed by atoms with Crippen molar-refractivity contribution in [3.63, 3.8) is 0 Å². The minimum Gasteiger partial charge on any atom is -0.508 e. The largest absolute Gasteiger partial charge is 0.508 e. The molecule has 0 unspecified atom stereocenters. The second-order valence-corrected chi connectivity index (χ2v) is 4.76. The summed E-state index contributed by atoms with van der Waals surface area (Å²) in [4.78, 5) is 0. The molecule has 1 saturated carbocycles. The van der Waals surface area contributed by atoms with Crippen LogP contribution < -0.4 is 0 Å². The van der Waals surface area contributed by atoms with Gasteiger partial charge in [0.25, 0.3) is 0 Å². The fraction of sp³-hybridized carbons (Fsp3) is 0.462. The van der Waals surface area contributed by atoms with E-state index in [0.717, 1.165) is 23.2 Å². The van der Waals surface area contributed by atoms with Crippen molar-refractivity contribution in [2.45, 2.75) is 32.1 Å². The number of H-pyrrole nitrogens is 1. The van der Waals surface area contributed by atoms with Crippen LogP contribution in [0.2, 0.25) is 0 Å². The van der Waals surface area contributed by atoms with Crippen molar-refractivity contribution in [1.82, 2.24) is 10.2 Å². The Morgan fingerprint density at radius 2 is 2.12 bits per heavy atom. The third kappa shape index (κ3) is 1.66. The first-order valence-corrected chi connectivity index (χ1v) is 5.99. The smallest absolute Gasteiger partial charge is 0.117 e. The van der Waals surface area contributed by atoms with E-state index in [-0.39, 0.29) is 5.75 Å². The molecule has 84 valence electrons. The number of rotatable bonds is 2. The number of fused-ring (bicyclic) bond motifs is 1. The molecule has 3 nitrogen and oxygen atoms in total. The average molecular weight is 216 g/mol. The van der Waals surface area contributed by atoms with Gasteiger partial charge in [0.15, 0.2) is 0 Å². The molecule has 0 bridgehead atoms. The summed E-state index contributed by atoms with van der Waals surface area (Å²) in [5, 5.41) is 17.9. The Labute approximate surface area is 94.5 Å². The van der Waals surface area contributed by atoms with E-state index in [2.05, 4.69) is 10.2 Å². The molecule has 2 N–H and O–H groups in total. The lowest BCUT2D eigenvalue weighted by molar-refractivity contribution is 0.476. The first kappa shape index (κ1) is 9.70. The molecule has 1 aliphatic rings. The van der Waals surface area contributed by atoms with Gasteiger partial charge in [-0.2, -0.15) is 5.10 Å². The predicted molar refractivity (Wildman–Crippen MR) is 63.4 cm³/mol. The number of phenols is 1. The lowest BCUT2D eigenvalue weighted by atomic mass is 10.00. The average Bonchev–Trinajstić information content (AvgIpc) is 2.89. The van der Waals surface area contributed by atoms with Gasteiger partial charge < -0.3 is 5.11 Å². The lowest BCUT2D eigenvalue weighted by Crippen LogP contribution is -1.99. The van der Waals surface area contributed by atoms with E-state index >= 15 is 0 Å². The van der Waals surface area contributed by atoms with Crippen LogP contribution in [-0.2, 0) is 6.42 Å². The zero-order valence-electron chi connectivity index (χ0n) is 9.24. The highest BCUT2D eigenvalue weighted by atomic mass is 16.3. The van der Waals surface area contributed by atoms with Gasteiger partial charge in [-0.15, -0.1) is 0 Å². The molecule has 1 heterocycles. The summed E-state index contributed by atoms with van der Waals surface area (Å²) in [6, 6.07) is 5.40. The third-order valence-electron chi connectivity index (χ3n) is 3.59. The van der Waals surface area contributed by atoms with Gasteiger partial charge in [0, 0.05) is 17.1 Å². The minimum atomic E-state index is 0.284. The normalized spacial score (nSPS) is 17.2. The van der Waals surface area contributed by atoms with Gasteiger partial charge in [-0.25, -0.2) is 0 Å². The Morgan fingerprint density at radius 3 is 2.94 bits per heavy atom. The molecule has 0 spiro atoms. The van der Waals surface area contributed by atoms with Crippen LogP contribution in [0.4, 0.5) is 0 Å². The van der Waals surface area contributed by atoms with E-state index in [0.29, 0.717) is 0 Å². The van der Waals surface area contributed by atoms with Gasteiger partial charge in [0.05, 0.1) is 5.52 Å². The highest BCUT2D eigenvalue weighted by molar-refractivity contribution is 5.82. The summed E-state index contributed by atoms with van der Waals surface area (Å²) in [7, 11) is 0. The maximum absolute atomic E-state index is 9.37. The highest BCUT2D eigenvalue weighted by Gasteiger charge is 2.17. The number of aromatic nitrogens is 2. The number of hydrogen-bond donors (Lipinski definition) is 2. The summed E-state index contributed by atoms with van der Waals surface area (Å²) in [5.41, 5.74) is 2.09. The third-order valence-corrected chi connectivity index (χ3v) is 3.59. The fourth-order valence-corrected chi connectivity index (χ4v) is 2.71. The molecule has 0 saturated heterocycles. The van der Waals surface area contributed by atoms with Crippen molar-refractivity contribution in [3.05, 3.63) is 23.9 Å². The van der Waals surface area contributed by atoms with Crippen molar-refractivity contribution >= 4 is 10.9 Å². The van der Waals surface area contributed by atoms with Crippen molar-refractivity contribution in [1.29, 1.82) is 0 Å². The molecule has 2 aromatic rings. The first-order chi connectivity index (χ1) is 7.83. The zero-order valence-corrected chi connectivity index (χ0v) is 9.24. The summed E-state index contributed by atoms with van der Waals surface area (Å²) in [6.07, 6.45) is 6.54. The number of hydrogen-bond acceptors (Lipinski definition) is 2. The molecule has 1 fully saturated rings. The summed E-state index contributed by atoms with van der Waals surface area (Å²) >= 11 is 0. The number of phenolic OH excluding ortho intramolecular Hbond substituents is 1. The molecule has 1 aliphatic carbocycles. The number of benzene rings is 1. The summed E-state index contributed by atoms with van der Waals surface area (Å²) in [6.45, 7) is 0. The van der Waals surface area contributed by atoms with Gasteiger partial charge >= 0.3 is 0 Å². The van der Waals surface area contributed by atoms with Crippen LogP contribution in [0.25, 0.3) is 10.9 Å².